The van der Waals surface area contributed by atoms with Crippen molar-refractivity contribution in [2.75, 3.05) is 32.0 Å². The molecule has 0 radical (unpaired) electrons. The van der Waals surface area contributed by atoms with E-state index in [4.69, 9.17) is 9.47 Å². The van der Waals surface area contributed by atoms with E-state index in [0.29, 0.717) is 12.2 Å². The molecule has 3 aromatic rings. The van der Waals surface area contributed by atoms with Gasteiger partial charge in [0.1, 0.15) is 0 Å². The van der Waals surface area contributed by atoms with Crippen molar-refractivity contribution in [1.29, 1.82) is 0 Å². The van der Waals surface area contributed by atoms with Gasteiger partial charge < -0.3 is 30.1 Å². The number of benzene rings is 2. The first-order chi connectivity index (χ1) is 18.0. The number of nitrogens with one attached hydrogen (secondary N) is 2. The van der Waals surface area contributed by atoms with E-state index in [1.165, 1.54) is 0 Å². The average molecular weight is 505 g/mol. The van der Waals surface area contributed by atoms with Crippen molar-refractivity contribution in [3.05, 3.63) is 95.3 Å². The molecular weight excluding hydrogens is 468 g/mol. The SMILES string of the molecule is CCNC(=O)Nc1ccc(C2OC(CN(C)CCc3ccccn3)CC(c3ccc(CO)cc3)O2)cc1. The topological polar surface area (TPSA) is 96.0 Å². The zero-order valence-corrected chi connectivity index (χ0v) is 21.5. The maximum atomic E-state index is 11.8. The molecule has 2 heterocycles. The third kappa shape index (κ3) is 7.84. The number of hydrogen-bond donors (Lipinski definition) is 3. The number of carbonyl (C=O) groups is 1. The van der Waals surface area contributed by atoms with E-state index in [-0.39, 0.29) is 24.8 Å². The van der Waals surface area contributed by atoms with Crippen LogP contribution < -0.4 is 10.6 Å². The fourth-order valence-corrected chi connectivity index (χ4v) is 4.38. The lowest BCUT2D eigenvalue weighted by molar-refractivity contribution is -0.252. The molecule has 4 rings (SSSR count). The van der Waals surface area contributed by atoms with E-state index in [1.807, 2.05) is 79.9 Å². The summed E-state index contributed by atoms with van der Waals surface area (Å²) >= 11 is 0. The summed E-state index contributed by atoms with van der Waals surface area (Å²) in [4.78, 5) is 18.5. The van der Waals surface area contributed by atoms with Crippen LogP contribution in [0.5, 0.6) is 0 Å². The van der Waals surface area contributed by atoms with Crippen molar-refractivity contribution in [3.8, 4) is 0 Å². The first-order valence-electron chi connectivity index (χ1n) is 12.8. The molecule has 0 saturated carbocycles. The zero-order valence-electron chi connectivity index (χ0n) is 21.5. The van der Waals surface area contributed by atoms with Gasteiger partial charge in [0.25, 0.3) is 0 Å². The van der Waals surface area contributed by atoms with E-state index in [0.717, 1.165) is 48.3 Å². The summed E-state index contributed by atoms with van der Waals surface area (Å²) in [5.41, 5.74) is 4.59. The highest BCUT2D eigenvalue weighted by molar-refractivity contribution is 5.89. The van der Waals surface area contributed by atoms with Crippen LogP contribution in [0.4, 0.5) is 10.5 Å². The van der Waals surface area contributed by atoms with E-state index in [1.54, 1.807) is 0 Å². The Morgan fingerprint density at radius 2 is 1.81 bits per heavy atom. The van der Waals surface area contributed by atoms with Crippen LogP contribution in [0.15, 0.2) is 72.9 Å². The van der Waals surface area contributed by atoms with Gasteiger partial charge in [0.2, 0.25) is 0 Å². The number of urea groups is 1. The van der Waals surface area contributed by atoms with Gasteiger partial charge in [0.05, 0.1) is 18.8 Å². The number of carbonyl (C=O) groups excluding carboxylic acids is 1. The maximum Gasteiger partial charge on any atom is 0.319 e. The fourth-order valence-electron chi connectivity index (χ4n) is 4.38. The summed E-state index contributed by atoms with van der Waals surface area (Å²) in [7, 11) is 2.10. The second kappa shape index (κ2) is 13.3. The smallest absolute Gasteiger partial charge is 0.319 e. The van der Waals surface area contributed by atoms with Gasteiger partial charge in [0, 0.05) is 55.6 Å². The van der Waals surface area contributed by atoms with E-state index >= 15 is 0 Å². The van der Waals surface area contributed by atoms with Crippen LogP contribution >= 0.6 is 0 Å². The number of aliphatic hydroxyl groups excluding tert-OH is 1. The van der Waals surface area contributed by atoms with Crippen LogP contribution in [0.25, 0.3) is 0 Å². The first kappa shape index (κ1) is 26.8. The Bertz CT molecular complexity index is 1110. The lowest BCUT2D eigenvalue weighted by atomic mass is 9.99. The number of hydrogen-bond acceptors (Lipinski definition) is 6. The Morgan fingerprint density at radius 3 is 2.49 bits per heavy atom. The first-order valence-corrected chi connectivity index (χ1v) is 12.8. The lowest BCUT2D eigenvalue weighted by Crippen LogP contribution is -2.38. The van der Waals surface area contributed by atoms with Gasteiger partial charge in [-0.15, -0.1) is 0 Å². The number of rotatable bonds is 10. The molecule has 1 aromatic heterocycles. The number of ether oxygens (including phenoxy) is 2. The van der Waals surface area contributed by atoms with Crippen LogP contribution in [-0.2, 0) is 22.5 Å². The van der Waals surface area contributed by atoms with Gasteiger partial charge in [-0.3, -0.25) is 4.98 Å². The average Bonchev–Trinajstić information content (AvgIpc) is 2.93. The van der Waals surface area contributed by atoms with Crippen LogP contribution in [0.2, 0.25) is 0 Å². The van der Waals surface area contributed by atoms with Crippen LogP contribution in [0.3, 0.4) is 0 Å². The van der Waals surface area contributed by atoms with E-state index in [9.17, 15) is 9.90 Å². The van der Waals surface area contributed by atoms with Crippen molar-refractivity contribution < 1.29 is 19.4 Å². The Balaban J connectivity index is 1.45. The van der Waals surface area contributed by atoms with Crippen molar-refractivity contribution in [2.24, 2.45) is 0 Å². The molecule has 0 aliphatic carbocycles. The Kier molecular flexibility index (Phi) is 9.62. The van der Waals surface area contributed by atoms with Crippen LogP contribution in [0.1, 0.15) is 48.1 Å². The zero-order chi connectivity index (χ0) is 26.0. The Hall–Kier alpha value is -3.30. The van der Waals surface area contributed by atoms with Crippen molar-refractivity contribution in [1.82, 2.24) is 15.2 Å². The number of nitrogens with zero attached hydrogens (tertiary/aromatic N) is 2. The number of pyridine rings is 1. The molecule has 37 heavy (non-hydrogen) atoms. The molecule has 3 atom stereocenters. The molecule has 0 bridgehead atoms. The molecule has 1 aliphatic heterocycles. The molecule has 2 amide bonds. The quantitative estimate of drug-likeness (QED) is 0.378. The van der Waals surface area contributed by atoms with Crippen LogP contribution in [-0.4, -0.2) is 53.8 Å². The molecule has 3 unspecified atom stereocenters. The minimum atomic E-state index is -0.538. The Labute approximate surface area is 218 Å². The molecule has 1 fully saturated rings. The third-order valence-electron chi connectivity index (χ3n) is 6.38. The van der Waals surface area contributed by atoms with Crippen molar-refractivity contribution in [3.63, 3.8) is 0 Å². The number of amides is 2. The monoisotopic (exact) mass is 504 g/mol. The summed E-state index contributed by atoms with van der Waals surface area (Å²) in [5, 5.41) is 15.0. The molecule has 8 heteroatoms. The Morgan fingerprint density at radius 1 is 1.05 bits per heavy atom. The fraction of sp³-hybridized carbons (Fsp3) is 0.379. The predicted octanol–water partition coefficient (Wildman–Crippen LogP) is 4.44. The second-order valence-electron chi connectivity index (χ2n) is 9.29. The summed E-state index contributed by atoms with van der Waals surface area (Å²) in [6.45, 7) is 4.08. The standard InChI is InChI=1S/C29H36N4O4/c1-3-30-29(35)32-25-13-11-23(12-14-25)28-36-26(19-33(2)17-15-24-6-4-5-16-31-24)18-27(37-28)22-9-7-21(20-34)8-10-22/h4-14,16,26-28,34H,3,15,17-20H2,1-2H3,(H2,30,32,35). The van der Waals surface area contributed by atoms with Gasteiger partial charge in [-0.05, 0) is 49.4 Å². The third-order valence-corrected chi connectivity index (χ3v) is 6.38. The van der Waals surface area contributed by atoms with Crippen molar-refractivity contribution in [2.45, 2.75) is 44.9 Å². The number of aliphatic hydroxyl groups is 1. The minimum Gasteiger partial charge on any atom is -0.392 e. The lowest BCUT2D eigenvalue weighted by Gasteiger charge is -2.38. The highest BCUT2D eigenvalue weighted by Gasteiger charge is 2.32. The molecule has 3 N–H and O–H groups in total. The summed E-state index contributed by atoms with van der Waals surface area (Å²) in [6, 6.07) is 21.2. The summed E-state index contributed by atoms with van der Waals surface area (Å²) in [6.07, 6.45) is 2.70. The largest absolute Gasteiger partial charge is 0.392 e. The molecule has 196 valence electrons. The maximum absolute atomic E-state index is 11.8. The van der Waals surface area contributed by atoms with Gasteiger partial charge in [-0.25, -0.2) is 4.79 Å². The molecule has 0 spiro atoms. The van der Waals surface area contributed by atoms with Gasteiger partial charge in [-0.1, -0.05) is 42.5 Å². The van der Waals surface area contributed by atoms with Gasteiger partial charge in [-0.2, -0.15) is 0 Å². The number of anilines is 1. The van der Waals surface area contributed by atoms with E-state index in [2.05, 4.69) is 27.6 Å². The normalized spacial score (nSPS) is 19.5. The molecular formula is C29H36N4O4. The number of likely N-dealkylation sites (N-methyl/N-ethyl adjacent to an activating group) is 1. The highest BCUT2D eigenvalue weighted by Crippen LogP contribution is 2.38. The predicted molar refractivity (Wildman–Crippen MR) is 143 cm³/mol. The van der Waals surface area contributed by atoms with Crippen molar-refractivity contribution >= 4 is 11.7 Å². The van der Waals surface area contributed by atoms with E-state index < -0.39 is 6.29 Å². The van der Waals surface area contributed by atoms with Crippen LogP contribution in [0, 0.1) is 0 Å². The molecule has 1 aliphatic rings. The molecule has 2 aromatic carbocycles. The number of aromatic nitrogens is 1. The molecule has 8 nitrogen and oxygen atoms in total. The highest BCUT2D eigenvalue weighted by atomic mass is 16.7. The van der Waals surface area contributed by atoms with Gasteiger partial charge in [0.15, 0.2) is 6.29 Å². The summed E-state index contributed by atoms with van der Waals surface area (Å²) in [5.74, 6) is 0. The van der Waals surface area contributed by atoms with Gasteiger partial charge >= 0.3 is 6.03 Å². The summed E-state index contributed by atoms with van der Waals surface area (Å²) < 4.78 is 12.9. The molecule has 1 saturated heterocycles. The second-order valence-corrected chi connectivity index (χ2v) is 9.29. The minimum absolute atomic E-state index is 0.0118.